The minimum Gasteiger partial charge on any atom is -0.368 e. The lowest BCUT2D eigenvalue weighted by Gasteiger charge is -2.37. The molecule has 192 valence electrons. The van der Waals surface area contributed by atoms with Gasteiger partial charge in [-0.15, -0.1) is 0 Å². The number of imidazole rings is 1. The number of carbonyl (C=O) groups is 1. The Morgan fingerprint density at radius 3 is 2.46 bits per heavy atom. The van der Waals surface area contributed by atoms with E-state index in [1.54, 1.807) is 42.9 Å². The third-order valence-electron chi connectivity index (χ3n) is 6.74. The fourth-order valence-electron chi connectivity index (χ4n) is 4.72. The van der Waals surface area contributed by atoms with E-state index in [0.29, 0.717) is 30.2 Å². The van der Waals surface area contributed by atoms with Gasteiger partial charge in [0.05, 0.1) is 17.6 Å². The molecule has 37 heavy (non-hydrogen) atoms. The summed E-state index contributed by atoms with van der Waals surface area (Å²) in [5.41, 5.74) is 4.57. The zero-order valence-corrected chi connectivity index (χ0v) is 21.8. The Morgan fingerprint density at radius 2 is 1.76 bits per heavy atom. The van der Waals surface area contributed by atoms with Gasteiger partial charge >= 0.3 is 0 Å². The number of hydrogen-bond acceptors (Lipinski definition) is 7. The Bertz CT molecular complexity index is 1520. The van der Waals surface area contributed by atoms with Crippen molar-refractivity contribution in [2.24, 2.45) is 0 Å². The molecule has 2 aromatic carbocycles. The van der Waals surface area contributed by atoms with Gasteiger partial charge in [-0.3, -0.25) is 14.2 Å². The van der Waals surface area contributed by atoms with Crippen molar-refractivity contribution >= 4 is 32.9 Å². The molecule has 1 N–H and O–H groups in total. The zero-order chi connectivity index (χ0) is 26.0. The first-order chi connectivity index (χ1) is 17.8. The largest absolute Gasteiger partial charge is 0.368 e. The van der Waals surface area contributed by atoms with Gasteiger partial charge in [0.15, 0.2) is 15.5 Å². The third kappa shape index (κ3) is 5.15. The van der Waals surface area contributed by atoms with Crippen LogP contribution < -0.4 is 10.2 Å². The average Bonchev–Trinajstić information content (AvgIpc) is 3.30. The molecule has 0 saturated carbocycles. The van der Waals surface area contributed by atoms with E-state index in [1.807, 2.05) is 9.30 Å². The number of aryl methyl sites for hydroxylation is 1. The Morgan fingerprint density at radius 1 is 1.03 bits per heavy atom. The molecular formula is C27H30N6O3S. The lowest BCUT2D eigenvalue weighted by atomic mass is 10.1. The van der Waals surface area contributed by atoms with Crippen molar-refractivity contribution in [1.82, 2.24) is 19.3 Å². The van der Waals surface area contributed by atoms with Crippen molar-refractivity contribution in [1.29, 1.82) is 0 Å². The van der Waals surface area contributed by atoms with E-state index < -0.39 is 9.84 Å². The van der Waals surface area contributed by atoms with Crippen LogP contribution in [0, 0.1) is 0 Å². The average molecular weight is 519 g/mol. The molecule has 0 radical (unpaired) electrons. The van der Waals surface area contributed by atoms with Crippen LogP contribution in [0.3, 0.4) is 0 Å². The van der Waals surface area contributed by atoms with Gasteiger partial charge in [0.2, 0.25) is 5.91 Å². The van der Waals surface area contributed by atoms with E-state index in [2.05, 4.69) is 51.4 Å². The molecule has 5 rings (SSSR count). The van der Waals surface area contributed by atoms with Crippen LogP contribution in [0.1, 0.15) is 12.5 Å². The maximum absolute atomic E-state index is 13.1. The van der Waals surface area contributed by atoms with Gasteiger partial charge in [-0.2, -0.15) is 0 Å². The summed E-state index contributed by atoms with van der Waals surface area (Å²) in [7, 11) is -3.30. The first-order valence-electron chi connectivity index (χ1n) is 12.3. The van der Waals surface area contributed by atoms with E-state index in [-0.39, 0.29) is 17.3 Å². The van der Waals surface area contributed by atoms with E-state index in [9.17, 15) is 13.2 Å². The number of aromatic nitrogens is 3. The summed E-state index contributed by atoms with van der Waals surface area (Å²) in [6.45, 7) is 5.19. The Kier molecular flexibility index (Phi) is 6.84. The number of carbonyl (C=O) groups excluding carboxylic acids is 1. The molecule has 0 bridgehead atoms. The molecule has 1 fully saturated rings. The van der Waals surface area contributed by atoms with Crippen molar-refractivity contribution in [2.75, 3.05) is 49.2 Å². The number of para-hydroxylation sites is 1. The van der Waals surface area contributed by atoms with E-state index in [4.69, 9.17) is 0 Å². The maximum atomic E-state index is 13.1. The number of benzene rings is 2. The number of nitrogens with one attached hydrogen (secondary N) is 1. The Hall–Kier alpha value is -3.92. The fourth-order valence-corrected chi connectivity index (χ4v) is 5.35. The first-order valence-corrected chi connectivity index (χ1v) is 14.2. The lowest BCUT2D eigenvalue weighted by molar-refractivity contribution is -0.129. The highest BCUT2D eigenvalue weighted by Crippen LogP contribution is 2.29. The summed E-state index contributed by atoms with van der Waals surface area (Å²) in [6.07, 6.45) is 7.25. The molecule has 2 aromatic heterocycles. The molecular weight excluding hydrogens is 488 g/mol. The van der Waals surface area contributed by atoms with Gasteiger partial charge in [0, 0.05) is 56.1 Å². The molecule has 0 atom stereocenters. The Labute approximate surface area is 216 Å². The third-order valence-corrected chi connectivity index (χ3v) is 7.87. The fraction of sp³-hybridized carbons (Fsp3) is 0.296. The van der Waals surface area contributed by atoms with Crippen molar-refractivity contribution in [3.05, 3.63) is 72.7 Å². The highest BCUT2D eigenvalue weighted by Gasteiger charge is 2.23. The molecule has 0 unspecified atom stereocenters. The molecule has 1 saturated heterocycles. The van der Waals surface area contributed by atoms with Crippen LogP contribution in [-0.2, 0) is 21.1 Å². The van der Waals surface area contributed by atoms with E-state index in [1.165, 1.54) is 17.5 Å². The summed E-state index contributed by atoms with van der Waals surface area (Å²) in [6, 6.07) is 15.0. The van der Waals surface area contributed by atoms with Crippen LogP contribution in [0.25, 0.3) is 16.9 Å². The first kappa shape index (κ1) is 24.8. The molecule has 1 amide bonds. The van der Waals surface area contributed by atoms with Gasteiger partial charge in [-0.05, 0) is 30.2 Å². The summed E-state index contributed by atoms with van der Waals surface area (Å²) in [5.74, 6) is 0.680. The van der Waals surface area contributed by atoms with E-state index in [0.717, 1.165) is 25.1 Å². The van der Waals surface area contributed by atoms with Gasteiger partial charge in [0.25, 0.3) is 0 Å². The van der Waals surface area contributed by atoms with Crippen LogP contribution in [0.4, 0.5) is 11.5 Å². The minimum absolute atomic E-state index is 0.0193. The highest BCUT2D eigenvalue weighted by molar-refractivity contribution is 7.90. The predicted molar refractivity (Wildman–Crippen MR) is 145 cm³/mol. The molecule has 1 aliphatic rings. The molecule has 0 spiro atoms. The van der Waals surface area contributed by atoms with Gasteiger partial charge in [0.1, 0.15) is 11.5 Å². The SMILES string of the molecule is CCc1ccccc1N1CCN(C(=O)CNc2c(-c3ccc(S(C)(=O)=O)cc3)nc3cnccn23)CC1. The van der Waals surface area contributed by atoms with Crippen LogP contribution >= 0.6 is 0 Å². The van der Waals surface area contributed by atoms with Crippen molar-refractivity contribution in [2.45, 2.75) is 18.2 Å². The second-order valence-corrected chi connectivity index (χ2v) is 11.1. The van der Waals surface area contributed by atoms with Gasteiger partial charge in [-0.25, -0.2) is 13.4 Å². The van der Waals surface area contributed by atoms with Gasteiger partial charge in [-0.1, -0.05) is 37.3 Å². The topological polar surface area (TPSA) is 99.9 Å². The van der Waals surface area contributed by atoms with Crippen LogP contribution in [0.2, 0.25) is 0 Å². The minimum atomic E-state index is -3.30. The summed E-state index contributed by atoms with van der Waals surface area (Å²) < 4.78 is 25.6. The van der Waals surface area contributed by atoms with Crippen LogP contribution in [-0.4, -0.2) is 72.6 Å². The highest BCUT2D eigenvalue weighted by atomic mass is 32.2. The number of rotatable bonds is 7. The molecule has 3 heterocycles. The molecule has 10 heteroatoms. The number of sulfone groups is 1. The van der Waals surface area contributed by atoms with Crippen molar-refractivity contribution in [3.8, 4) is 11.3 Å². The lowest BCUT2D eigenvalue weighted by Crippen LogP contribution is -2.50. The van der Waals surface area contributed by atoms with Crippen LogP contribution in [0.5, 0.6) is 0 Å². The summed E-state index contributed by atoms with van der Waals surface area (Å²) in [4.78, 5) is 26.5. The molecule has 1 aliphatic heterocycles. The number of anilines is 2. The number of piperazine rings is 1. The normalized spacial score (nSPS) is 14.2. The standard InChI is InChI=1S/C27H30N6O3S/c1-3-20-6-4-5-7-23(20)31-14-16-32(17-15-31)25(34)19-29-27-26(30-24-18-28-12-13-33(24)27)21-8-10-22(11-9-21)37(2,35)36/h4-13,18,29H,3,14-17,19H2,1-2H3. The zero-order valence-electron chi connectivity index (χ0n) is 21.0. The van der Waals surface area contributed by atoms with E-state index >= 15 is 0 Å². The number of hydrogen-bond donors (Lipinski definition) is 1. The Balaban J connectivity index is 1.30. The monoisotopic (exact) mass is 518 g/mol. The van der Waals surface area contributed by atoms with Crippen molar-refractivity contribution in [3.63, 3.8) is 0 Å². The number of amides is 1. The molecule has 0 aliphatic carbocycles. The number of fused-ring (bicyclic) bond motifs is 1. The second kappa shape index (κ2) is 10.2. The van der Waals surface area contributed by atoms with Crippen molar-refractivity contribution < 1.29 is 13.2 Å². The van der Waals surface area contributed by atoms with Crippen LogP contribution in [0.15, 0.2) is 72.0 Å². The van der Waals surface area contributed by atoms with Gasteiger partial charge < -0.3 is 15.1 Å². The quantitative estimate of drug-likeness (QED) is 0.401. The summed E-state index contributed by atoms with van der Waals surface area (Å²) >= 11 is 0. The summed E-state index contributed by atoms with van der Waals surface area (Å²) in [5, 5.41) is 3.29. The molecule has 9 nitrogen and oxygen atoms in total. The number of nitrogens with zero attached hydrogens (tertiary/aromatic N) is 5. The predicted octanol–water partition coefficient (Wildman–Crippen LogP) is 3.12. The maximum Gasteiger partial charge on any atom is 0.242 e. The molecule has 4 aromatic rings. The second-order valence-electron chi connectivity index (χ2n) is 9.11. The smallest absolute Gasteiger partial charge is 0.242 e.